The average Bonchev–Trinajstić information content (AvgIpc) is 2.60. The van der Waals surface area contributed by atoms with Gasteiger partial charge in [0.2, 0.25) is 5.91 Å². The molecule has 0 N–H and O–H groups in total. The minimum absolute atomic E-state index is 0.0880. The van der Waals surface area contributed by atoms with Crippen molar-refractivity contribution in [2.45, 2.75) is 6.42 Å². The van der Waals surface area contributed by atoms with Crippen LogP contribution in [0.15, 0.2) is 16.7 Å². The molecule has 0 spiro atoms. The third kappa shape index (κ3) is 2.36. The van der Waals surface area contributed by atoms with Gasteiger partial charge in [-0.3, -0.25) is 4.79 Å². The van der Waals surface area contributed by atoms with Crippen molar-refractivity contribution in [2.75, 3.05) is 17.2 Å². The molecule has 1 atom stereocenters. The van der Waals surface area contributed by atoms with Crippen molar-refractivity contribution in [3.8, 4) is 0 Å². The van der Waals surface area contributed by atoms with Crippen LogP contribution in [0.5, 0.6) is 0 Å². The maximum Gasteiger partial charge on any atom is 0.227 e. The summed E-state index contributed by atoms with van der Waals surface area (Å²) in [5.74, 6) is 1.10. The van der Waals surface area contributed by atoms with Crippen LogP contribution in [0.25, 0.3) is 0 Å². The van der Waals surface area contributed by atoms with Gasteiger partial charge in [-0.15, -0.1) is 0 Å². The largest absolute Gasteiger partial charge is 0.309 e. The lowest BCUT2D eigenvalue weighted by atomic mass is 10.1. The Morgan fingerprint density at radius 2 is 2.38 bits per heavy atom. The molecule has 2 rings (SSSR count). The molecule has 0 aromatic carbocycles. The molecule has 3 nitrogen and oxygen atoms in total. The van der Waals surface area contributed by atoms with Crippen molar-refractivity contribution < 1.29 is 4.79 Å². The molecule has 1 aliphatic heterocycles. The molecule has 1 saturated heterocycles. The smallest absolute Gasteiger partial charge is 0.227 e. The van der Waals surface area contributed by atoms with E-state index in [1.165, 1.54) is 0 Å². The zero-order valence-corrected chi connectivity index (χ0v) is 11.6. The Bertz CT molecular complexity index is 429. The monoisotopic (exact) mass is 320 g/mol. The van der Waals surface area contributed by atoms with Crippen LogP contribution in [-0.2, 0) is 4.79 Å². The SMILES string of the molecule is O=C1CC(CS)CN1c1ccc(Br)nc1Cl. The number of carbonyl (C=O) groups is 1. The maximum atomic E-state index is 11.8. The molecular formula is C10H10BrClN2OS. The fourth-order valence-corrected chi connectivity index (χ4v) is 2.66. The second-order valence-corrected chi connectivity index (χ2v) is 5.24. The van der Waals surface area contributed by atoms with E-state index in [2.05, 4.69) is 33.5 Å². The summed E-state index contributed by atoms with van der Waals surface area (Å²) in [7, 11) is 0. The number of rotatable bonds is 2. The average molecular weight is 322 g/mol. The van der Waals surface area contributed by atoms with E-state index in [1.807, 2.05) is 0 Å². The van der Waals surface area contributed by atoms with E-state index >= 15 is 0 Å². The van der Waals surface area contributed by atoms with Crippen LogP contribution in [0.2, 0.25) is 5.15 Å². The Kier molecular flexibility index (Phi) is 3.77. The van der Waals surface area contributed by atoms with Gasteiger partial charge in [0.1, 0.15) is 4.60 Å². The Morgan fingerprint density at radius 1 is 1.62 bits per heavy atom. The van der Waals surface area contributed by atoms with E-state index in [-0.39, 0.29) is 5.91 Å². The second kappa shape index (κ2) is 4.94. The number of aromatic nitrogens is 1. The van der Waals surface area contributed by atoms with Crippen LogP contribution in [0.1, 0.15) is 6.42 Å². The first-order chi connectivity index (χ1) is 7.61. The van der Waals surface area contributed by atoms with Crippen LogP contribution in [0.3, 0.4) is 0 Å². The minimum Gasteiger partial charge on any atom is -0.309 e. The third-order valence-corrected chi connectivity index (χ3v) is 3.79. The zero-order chi connectivity index (χ0) is 11.7. The number of carbonyl (C=O) groups excluding carboxylic acids is 1. The van der Waals surface area contributed by atoms with Crippen LogP contribution in [0, 0.1) is 5.92 Å². The predicted octanol–water partition coefficient (Wildman–Crippen LogP) is 2.78. The highest BCUT2D eigenvalue weighted by Crippen LogP contribution is 2.31. The predicted molar refractivity (Wildman–Crippen MR) is 71.3 cm³/mol. The fraction of sp³-hybridized carbons (Fsp3) is 0.400. The van der Waals surface area contributed by atoms with E-state index in [0.717, 1.165) is 0 Å². The highest BCUT2D eigenvalue weighted by molar-refractivity contribution is 9.10. The van der Waals surface area contributed by atoms with E-state index in [0.29, 0.717) is 40.1 Å². The topological polar surface area (TPSA) is 33.2 Å². The fourth-order valence-electron chi connectivity index (χ4n) is 1.74. The molecule has 1 fully saturated rings. The quantitative estimate of drug-likeness (QED) is 0.671. The van der Waals surface area contributed by atoms with Gasteiger partial charge in [-0.1, -0.05) is 11.6 Å². The lowest BCUT2D eigenvalue weighted by Crippen LogP contribution is -2.25. The highest BCUT2D eigenvalue weighted by Gasteiger charge is 2.31. The lowest BCUT2D eigenvalue weighted by molar-refractivity contribution is -0.117. The highest BCUT2D eigenvalue weighted by atomic mass is 79.9. The maximum absolute atomic E-state index is 11.8. The molecule has 1 amide bonds. The Labute approximate surface area is 113 Å². The summed E-state index contributed by atoms with van der Waals surface area (Å²) >= 11 is 13.5. The van der Waals surface area contributed by atoms with Gasteiger partial charge in [0.15, 0.2) is 5.15 Å². The van der Waals surface area contributed by atoms with Crippen molar-refractivity contribution in [3.05, 3.63) is 21.9 Å². The molecule has 6 heteroatoms. The summed E-state index contributed by atoms with van der Waals surface area (Å²) in [4.78, 5) is 17.5. The Balaban J connectivity index is 2.28. The van der Waals surface area contributed by atoms with Gasteiger partial charge in [-0.25, -0.2) is 4.98 Å². The van der Waals surface area contributed by atoms with Gasteiger partial charge < -0.3 is 4.90 Å². The summed E-state index contributed by atoms with van der Waals surface area (Å²) in [6.07, 6.45) is 0.538. The standard InChI is InChI=1S/C10H10BrClN2OS/c11-8-2-1-7(10(12)13-8)14-4-6(5-16)3-9(14)15/h1-2,6,16H,3-5H2. The van der Waals surface area contributed by atoms with E-state index in [9.17, 15) is 4.79 Å². The third-order valence-electron chi connectivity index (χ3n) is 2.55. The number of anilines is 1. The second-order valence-electron chi connectivity index (χ2n) is 3.70. The first kappa shape index (κ1) is 12.2. The molecule has 0 saturated carbocycles. The molecule has 1 aromatic rings. The van der Waals surface area contributed by atoms with Gasteiger partial charge in [-0.2, -0.15) is 12.6 Å². The van der Waals surface area contributed by atoms with Gasteiger partial charge in [0, 0.05) is 13.0 Å². The first-order valence-corrected chi connectivity index (χ1v) is 6.65. The van der Waals surface area contributed by atoms with Crippen molar-refractivity contribution >= 4 is 51.8 Å². The van der Waals surface area contributed by atoms with Gasteiger partial charge in [0.25, 0.3) is 0 Å². The number of nitrogens with zero attached hydrogens (tertiary/aromatic N) is 2. The Morgan fingerprint density at radius 3 is 2.94 bits per heavy atom. The van der Waals surface area contributed by atoms with Gasteiger partial charge in [-0.05, 0) is 39.7 Å². The Hall–Kier alpha value is -0.260. The molecule has 0 radical (unpaired) electrons. The molecule has 0 aliphatic carbocycles. The normalized spacial score (nSPS) is 20.6. The number of amides is 1. The molecular weight excluding hydrogens is 312 g/mol. The van der Waals surface area contributed by atoms with Crippen LogP contribution >= 0.6 is 40.2 Å². The minimum atomic E-state index is 0.0880. The summed E-state index contributed by atoms with van der Waals surface area (Å²) < 4.78 is 0.665. The molecule has 2 heterocycles. The summed E-state index contributed by atoms with van der Waals surface area (Å²) in [5.41, 5.74) is 0.680. The van der Waals surface area contributed by atoms with Crippen LogP contribution in [0.4, 0.5) is 5.69 Å². The van der Waals surface area contributed by atoms with Crippen LogP contribution in [-0.4, -0.2) is 23.2 Å². The van der Waals surface area contributed by atoms with Crippen molar-refractivity contribution in [1.82, 2.24) is 4.98 Å². The zero-order valence-electron chi connectivity index (χ0n) is 8.36. The number of halogens is 2. The van der Waals surface area contributed by atoms with E-state index in [1.54, 1.807) is 17.0 Å². The molecule has 1 aromatic heterocycles. The molecule has 16 heavy (non-hydrogen) atoms. The molecule has 86 valence electrons. The lowest BCUT2D eigenvalue weighted by Gasteiger charge is -2.17. The first-order valence-electron chi connectivity index (χ1n) is 4.85. The van der Waals surface area contributed by atoms with E-state index in [4.69, 9.17) is 11.6 Å². The van der Waals surface area contributed by atoms with Crippen LogP contribution < -0.4 is 4.90 Å². The molecule has 0 bridgehead atoms. The number of hydrogen-bond donors (Lipinski definition) is 1. The summed E-state index contributed by atoms with van der Waals surface area (Å²) in [5, 5.41) is 0.350. The van der Waals surface area contributed by atoms with Crippen molar-refractivity contribution in [2.24, 2.45) is 5.92 Å². The van der Waals surface area contributed by atoms with Gasteiger partial charge >= 0.3 is 0 Å². The summed E-state index contributed by atoms with van der Waals surface area (Å²) in [6, 6.07) is 3.58. The number of hydrogen-bond acceptors (Lipinski definition) is 3. The summed E-state index contributed by atoms with van der Waals surface area (Å²) in [6.45, 7) is 0.672. The van der Waals surface area contributed by atoms with E-state index < -0.39 is 0 Å². The molecule has 1 aliphatic rings. The number of pyridine rings is 1. The van der Waals surface area contributed by atoms with Gasteiger partial charge in [0.05, 0.1) is 5.69 Å². The number of thiol groups is 1. The van der Waals surface area contributed by atoms with Crippen molar-refractivity contribution in [1.29, 1.82) is 0 Å². The van der Waals surface area contributed by atoms with Crippen molar-refractivity contribution in [3.63, 3.8) is 0 Å². The molecule has 1 unspecified atom stereocenters.